The maximum Gasteiger partial charge on any atom is 0.272 e. The maximum atomic E-state index is 14.4. The molecule has 0 aliphatic carbocycles. The lowest BCUT2D eigenvalue weighted by Crippen LogP contribution is -2.23. The maximum absolute atomic E-state index is 14.4. The van der Waals surface area contributed by atoms with Gasteiger partial charge in [0.2, 0.25) is 0 Å². The summed E-state index contributed by atoms with van der Waals surface area (Å²) < 4.78 is 33.9. The predicted octanol–water partition coefficient (Wildman–Crippen LogP) is 3.79. The van der Waals surface area contributed by atoms with E-state index in [2.05, 4.69) is 10.4 Å². The van der Waals surface area contributed by atoms with Gasteiger partial charge in [-0.3, -0.25) is 9.48 Å². The molecule has 7 heteroatoms. The zero-order valence-corrected chi connectivity index (χ0v) is 15.0. The Bertz CT molecular complexity index is 952. The minimum atomic E-state index is -0.456. The number of aryl methyl sites for hydroxylation is 1. The van der Waals surface area contributed by atoms with Crippen LogP contribution in [0.4, 0.5) is 8.78 Å². The van der Waals surface area contributed by atoms with E-state index in [0.29, 0.717) is 23.6 Å². The average Bonchev–Trinajstić information content (AvgIpc) is 3.11. The molecule has 0 unspecified atom stereocenters. The number of amides is 1. The largest absolute Gasteiger partial charge is 0.497 e. The minimum absolute atomic E-state index is 0.184. The van der Waals surface area contributed by atoms with Crippen LogP contribution in [0.25, 0.3) is 11.3 Å². The number of ether oxygens (including phenoxy) is 1. The van der Waals surface area contributed by atoms with Crippen LogP contribution in [0.5, 0.6) is 5.75 Å². The SMILES string of the molecule is CCn1nc(C(=O)NCc2ccc(F)cc2)cc1-c1ccc(OC)cc1F. The minimum Gasteiger partial charge on any atom is -0.497 e. The molecule has 0 aliphatic heterocycles. The third-order valence-electron chi connectivity index (χ3n) is 4.13. The summed E-state index contributed by atoms with van der Waals surface area (Å²) in [5.74, 6) is -0.766. The molecular weight excluding hydrogens is 352 g/mol. The average molecular weight is 371 g/mol. The van der Waals surface area contributed by atoms with E-state index in [-0.39, 0.29) is 24.0 Å². The monoisotopic (exact) mass is 371 g/mol. The standard InChI is InChI=1S/C20H19F2N3O2/c1-3-25-19(16-9-8-15(27-2)10-17(16)22)11-18(24-25)20(26)23-12-13-4-6-14(21)7-5-13/h4-11H,3,12H2,1-2H3,(H,23,26). The van der Waals surface area contributed by atoms with Crippen LogP contribution in [0.1, 0.15) is 23.0 Å². The summed E-state index contributed by atoms with van der Waals surface area (Å²) in [6.45, 7) is 2.58. The van der Waals surface area contributed by atoms with E-state index in [4.69, 9.17) is 4.74 Å². The zero-order valence-electron chi connectivity index (χ0n) is 15.0. The van der Waals surface area contributed by atoms with Crippen molar-refractivity contribution in [2.24, 2.45) is 0 Å². The van der Waals surface area contributed by atoms with E-state index in [1.807, 2.05) is 6.92 Å². The Morgan fingerprint density at radius 1 is 1.15 bits per heavy atom. The van der Waals surface area contributed by atoms with Crippen molar-refractivity contribution in [2.75, 3.05) is 7.11 Å². The highest BCUT2D eigenvalue weighted by molar-refractivity contribution is 5.93. The van der Waals surface area contributed by atoms with Crippen LogP contribution in [0.3, 0.4) is 0 Å². The number of methoxy groups -OCH3 is 1. The molecule has 3 rings (SSSR count). The van der Waals surface area contributed by atoms with Crippen LogP contribution >= 0.6 is 0 Å². The smallest absolute Gasteiger partial charge is 0.272 e. The second-order valence-corrected chi connectivity index (χ2v) is 5.89. The highest BCUT2D eigenvalue weighted by Gasteiger charge is 2.17. The number of hydrogen-bond donors (Lipinski definition) is 1. The van der Waals surface area contributed by atoms with E-state index in [9.17, 15) is 13.6 Å². The van der Waals surface area contributed by atoms with Gasteiger partial charge in [-0.25, -0.2) is 8.78 Å². The first-order valence-corrected chi connectivity index (χ1v) is 8.46. The van der Waals surface area contributed by atoms with Crippen molar-refractivity contribution in [2.45, 2.75) is 20.0 Å². The molecule has 0 fully saturated rings. The summed E-state index contributed by atoms with van der Waals surface area (Å²) in [5, 5.41) is 6.99. The number of hydrogen-bond acceptors (Lipinski definition) is 3. The highest BCUT2D eigenvalue weighted by Crippen LogP contribution is 2.27. The Morgan fingerprint density at radius 2 is 1.89 bits per heavy atom. The predicted molar refractivity (Wildman–Crippen MR) is 97.4 cm³/mol. The van der Waals surface area contributed by atoms with Crippen molar-refractivity contribution < 1.29 is 18.3 Å². The molecule has 1 amide bonds. The van der Waals surface area contributed by atoms with Crippen molar-refractivity contribution in [1.29, 1.82) is 0 Å². The number of halogens is 2. The van der Waals surface area contributed by atoms with Gasteiger partial charge in [-0.15, -0.1) is 0 Å². The first-order chi connectivity index (χ1) is 13.0. The molecule has 0 saturated carbocycles. The molecular formula is C20H19F2N3O2. The lowest BCUT2D eigenvalue weighted by molar-refractivity contribution is 0.0945. The third-order valence-corrected chi connectivity index (χ3v) is 4.13. The molecule has 1 heterocycles. The van der Waals surface area contributed by atoms with Crippen LogP contribution in [-0.2, 0) is 13.1 Å². The van der Waals surface area contributed by atoms with Gasteiger partial charge in [-0.05, 0) is 42.8 Å². The molecule has 2 aromatic carbocycles. The molecule has 0 aliphatic rings. The number of nitrogens with one attached hydrogen (secondary N) is 1. The fraction of sp³-hybridized carbons (Fsp3) is 0.200. The number of nitrogens with zero attached hydrogens (tertiary/aromatic N) is 2. The van der Waals surface area contributed by atoms with Gasteiger partial charge in [0, 0.05) is 24.7 Å². The molecule has 0 bridgehead atoms. The van der Waals surface area contributed by atoms with E-state index in [0.717, 1.165) is 5.56 Å². The van der Waals surface area contributed by atoms with Gasteiger partial charge in [0.05, 0.1) is 12.8 Å². The Kier molecular flexibility index (Phi) is 5.49. The van der Waals surface area contributed by atoms with Gasteiger partial charge in [0.1, 0.15) is 17.4 Å². The van der Waals surface area contributed by atoms with Crippen molar-refractivity contribution >= 4 is 5.91 Å². The molecule has 0 spiro atoms. The van der Waals surface area contributed by atoms with Crippen LogP contribution in [-0.4, -0.2) is 22.8 Å². The Morgan fingerprint density at radius 3 is 2.52 bits per heavy atom. The van der Waals surface area contributed by atoms with E-state index in [1.54, 1.807) is 35.0 Å². The summed E-state index contributed by atoms with van der Waals surface area (Å²) in [6, 6.07) is 11.9. The van der Waals surface area contributed by atoms with Gasteiger partial charge in [-0.1, -0.05) is 12.1 Å². The van der Waals surface area contributed by atoms with Crippen molar-refractivity contribution in [1.82, 2.24) is 15.1 Å². The fourth-order valence-corrected chi connectivity index (χ4v) is 2.69. The zero-order chi connectivity index (χ0) is 19.4. The number of carbonyl (C=O) groups excluding carboxylic acids is 1. The molecule has 5 nitrogen and oxygen atoms in total. The number of carbonyl (C=O) groups is 1. The normalized spacial score (nSPS) is 10.7. The van der Waals surface area contributed by atoms with Crippen LogP contribution in [0.2, 0.25) is 0 Å². The summed E-state index contributed by atoms with van der Waals surface area (Å²) in [7, 11) is 1.47. The number of aromatic nitrogens is 2. The van der Waals surface area contributed by atoms with Gasteiger partial charge >= 0.3 is 0 Å². The summed E-state index contributed by atoms with van der Waals surface area (Å²) in [6.07, 6.45) is 0. The van der Waals surface area contributed by atoms with Crippen molar-refractivity contribution in [3.8, 4) is 17.0 Å². The van der Waals surface area contributed by atoms with Crippen LogP contribution < -0.4 is 10.1 Å². The van der Waals surface area contributed by atoms with E-state index < -0.39 is 5.82 Å². The fourth-order valence-electron chi connectivity index (χ4n) is 2.69. The molecule has 3 aromatic rings. The first kappa shape index (κ1) is 18.6. The molecule has 0 saturated heterocycles. The van der Waals surface area contributed by atoms with Crippen LogP contribution in [0.15, 0.2) is 48.5 Å². The molecule has 27 heavy (non-hydrogen) atoms. The molecule has 0 radical (unpaired) electrons. The second-order valence-electron chi connectivity index (χ2n) is 5.89. The van der Waals surface area contributed by atoms with Crippen molar-refractivity contribution in [3.05, 3.63) is 71.4 Å². The Balaban J connectivity index is 1.81. The van der Waals surface area contributed by atoms with Crippen molar-refractivity contribution in [3.63, 3.8) is 0 Å². The lowest BCUT2D eigenvalue weighted by atomic mass is 10.1. The second kappa shape index (κ2) is 7.99. The van der Waals surface area contributed by atoms with Crippen LogP contribution in [0, 0.1) is 11.6 Å². The number of rotatable bonds is 6. The topological polar surface area (TPSA) is 56.2 Å². The van der Waals surface area contributed by atoms with E-state index in [1.165, 1.54) is 25.3 Å². The van der Waals surface area contributed by atoms with Gasteiger partial charge in [-0.2, -0.15) is 5.10 Å². The summed E-state index contributed by atoms with van der Waals surface area (Å²) in [4.78, 5) is 12.4. The van der Waals surface area contributed by atoms with Gasteiger partial charge in [0.15, 0.2) is 5.69 Å². The molecule has 140 valence electrons. The summed E-state index contributed by atoms with van der Waals surface area (Å²) >= 11 is 0. The third kappa shape index (κ3) is 4.13. The first-order valence-electron chi connectivity index (χ1n) is 8.46. The quantitative estimate of drug-likeness (QED) is 0.717. The molecule has 0 atom stereocenters. The lowest BCUT2D eigenvalue weighted by Gasteiger charge is -2.07. The molecule has 1 N–H and O–H groups in total. The van der Waals surface area contributed by atoms with Gasteiger partial charge in [0.25, 0.3) is 5.91 Å². The van der Waals surface area contributed by atoms with Gasteiger partial charge < -0.3 is 10.1 Å². The molecule has 1 aromatic heterocycles. The highest BCUT2D eigenvalue weighted by atomic mass is 19.1. The number of benzene rings is 2. The Hall–Kier alpha value is -3.22. The van der Waals surface area contributed by atoms with E-state index >= 15 is 0 Å². The summed E-state index contributed by atoms with van der Waals surface area (Å²) in [5.41, 5.74) is 1.79. The Labute approximate surface area is 155 Å².